The molecule has 0 unspecified atom stereocenters. The summed E-state index contributed by atoms with van der Waals surface area (Å²) in [5.74, 6) is -4.22. The zero-order valence-electron chi connectivity index (χ0n) is 17.8. The van der Waals surface area contributed by atoms with Gasteiger partial charge in [0.05, 0.1) is 28.7 Å². The van der Waals surface area contributed by atoms with Crippen molar-refractivity contribution in [3.8, 4) is 16.9 Å². The lowest BCUT2D eigenvalue weighted by atomic mass is 9.94. The molecular formula is C23H19F3N6O. The van der Waals surface area contributed by atoms with Crippen LogP contribution < -0.4 is 0 Å². The molecule has 1 aliphatic heterocycles. The van der Waals surface area contributed by atoms with Gasteiger partial charge >= 0.3 is 0 Å². The molecule has 0 radical (unpaired) electrons. The van der Waals surface area contributed by atoms with Gasteiger partial charge in [0, 0.05) is 24.7 Å². The SMILES string of the molecule is C[C@H]1c2nn(C)c(-c3cc(F)c(F)c(F)c3)c2CCN1C(=O)c1ccccc1-n1cncn1. The standard InChI is InChI=1S/C23H19F3N6O/c1-13-21-16(22(30(2)29-21)14-9-17(24)20(26)18(25)10-14)7-8-31(13)23(33)15-5-3-4-6-19(15)32-12-27-11-28-32/h3-6,9-13H,7-8H2,1-2H3/t13-/m0/s1. The first-order valence-corrected chi connectivity index (χ1v) is 10.3. The van der Waals surface area contributed by atoms with Gasteiger partial charge in [0.25, 0.3) is 5.91 Å². The number of benzene rings is 2. The summed E-state index contributed by atoms with van der Waals surface area (Å²) in [5, 5.41) is 8.68. The molecule has 10 heteroatoms. The molecule has 5 rings (SSSR count). The van der Waals surface area contributed by atoms with E-state index in [2.05, 4.69) is 15.2 Å². The molecule has 0 saturated heterocycles. The normalized spacial score (nSPS) is 15.5. The van der Waals surface area contributed by atoms with Crippen LogP contribution in [0.25, 0.3) is 16.9 Å². The number of rotatable bonds is 3. The maximum Gasteiger partial charge on any atom is 0.256 e. The number of hydrogen-bond donors (Lipinski definition) is 0. The maximum absolute atomic E-state index is 13.9. The first-order valence-electron chi connectivity index (χ1n) is 10.3. The van der Waals surface area contributed by atoms with E-state index in [0.29, 0.717) is 35.6 Å². The van der Waals surface area contributed by atoms with Crippen molar-refractivity contribution in [3.05, 3.63) is 83.3 Å². The van der Waals surface area contributed by atoms with Gasteiger partial charge in [-0.3, -0.25) is 9.48 Å². The lowest BCUT2D eigenvalue weighted by molar-refractivity contribution is 0.0673. The number of hydrogen-bond acceptors (Lipinski definition) is 4. The van der Waals surface area contributed by atoms with E-state index in [-0.39, 0.29) is 17.5 Å². The van der Waals surface area contributed by atoms with Crippen molar-refractivity contribution >= 4 is 5.91 Å². The quantitative estimate of drug-likeness (QED) is 0.443. The van der Waals surface area contributed by atoms with Gasteiger partial charge in [0.1, 0.15) is 12.7 Å². The Morgan fingerprint density at radius 3 is 2.55 bits per heavy atom. The number of aromatic nitrogens is 5. The molecule has 3 heterocycles. The Labute approximate surface area is 187 Å². The highest BCUT2D eigenvalue weighted by Crippen LogP contribution is 2.37. The zero-order chi connectivity index (χ0) is 23.3. The number of amides is 1. The van der Waals surface area contributed by atoms with Gasteiger partial charge in [-0.15, -0.1) is 0 Å². The summed E-state index contributed by atoms with van der Waals surface area (Å²) >= 11 is 0. The monoisotopic (exact) mass is 452 g/mol. The van der Waals surface area contributed by atoms with E-state index in [4.69, 9.17) is 0 Å². The average molecular weight is 452 g/mol. The van der Waals surface area contributed by atoms with Gasteiger partial charge in [-0.2, -0.15) is 10.2 Å². The number of fused-ring (bicyclic) bond motifs is 1. The molecule has 0 bridgehead atoms. The molecule has 7 nitrogen and oxygen atoms in total. The van der Waals surface area contributed by atoms with E-state index in [9.17, 15) is 18.0 Å². The lowest BCUT2D eigenvalue weighted by Crippen LogP contribution is -2.39. The highest BCUT2D eigenvalue weighted by atomic mass is 19.2. The van der Waals surface area contributed by atoms with Crippen molar-refractivity contribution in [1.29, 1.82) is 0 Å². The fourth-order valence-corrected chi connectivity index (χ4v) is 4.42. The van der Waals surface area contributed by atoms with Crippen molar-refractivity contribution in [3.63, 3.8) is 0 Å². The molecule has 33 heavy (non-hydrogen) atoms. The van der Waals surface area contributed by atoms with Crippen LogP contribution in [0.15, 0.2) is 49.1 Å². The molecular weight excluding hydrogens is 433 g/mol. The van der Waals surface area contributed by atoms with Crippen molar-refractivity contribution in [1.82, 2.24) is 29.4 Å². The van der Waals surface area contributed by atoms with Gasteiger partial charge in [0.2, 0.25) is 0 Å². The second-order valence-corrected chi connectivity index (χ2v) is 7.87. The second-order valence-electron chi connectivity index (χ2n) is 7.87. The van der Waals surface area contributed by atoms with E-state index >= 15 is 0 Å². The lowest BCUT2D eigenvalue weighted by Gasteiger charge is -2.33. The number of para-hydroxylation sites is 1. The minimum absolute atomic E-state index is 0.190. The fourth-order valence-electron chi connectivity index (χ4n) is 4.42. The summed E-state index contributed by atoms with van der Waals surface area (Å²) in [5.41, 5.74) is 3.20. The first kappa shape index (κ1) is 20.9. The van der Waals surface area contributed by atoms with Crippen LogP contribution in [0.3, 0.4) is 0 Å². The Morgan fingerprint density at radius 1 is 1.12 bits per heavy atom. The molecule has 0 fully saturated rings. The summed E-state index contributed by atoms with van der Waals surface area (Å²) in [6.45, 7) is 2.24. The smallest absolute Gasteiger partial charge is 0.256 e. The fraction of sp³-hybridized carbons (Fsp3) is 0.217. The molecule has 0 aliphatic carbocycles. The molecule has 1 aliphatic rings. The molecule has 168 valence electrons. The third kappa shape index (κ3) is 3.38. The van der Waals surface area contributed by atoms with E-state index < -0.39 is 17.5 Å². The van der Waals surface area contributed by atoms with Crippen molar-refractivity contribution in [2.45, 2.75) is 19.4 Å². The Kier molecular flexibility index (Phi) is 4.99. The molecule has 0 spiro atoms. The Hall–Kier alpha value is -3.95. The van der Waals surface area contributed by atoms with Crippen LogP contribution in [-0.4, -0.2) is 41.9 Å². The number of nitrogens with zero attached hydrogens (tertiary/aromatic N) is 6. The summed E-state index contributed by atoms with van der Waals surface area (Å²) in [7, 11) is 1.66. The molecule has 2 aromatic heterocycles. The van der Waals surface area contributed by atoms with Crippen LogP contribution >= 0.6 is 0 Å². The molecule has 2 aromatic carbocycles. The maximum atomic E-state index is 13.9. The minimum Gasteiger partial charge on any atom is -0.330 e. The summed E-state index contributed by atoms with van der Waals surface area (Å²) in [6, 6.07) is 8.66. The average Bonchev–Trinajstić information content (AvgIpc) is 3.45. The molecule has 0 N–H and O–H groups in total. The third-order valence-corrected chi connectivity index (χ3v) is 5.96. The summed E-state index contributed by atoms with van der Waals surface area (Å²) in [6.07, 6.45) is 3.35. The molecule has 1 amide bonds. The number of aryl methyl sites for hydroxylation is 1. The van der Waals surface area contributed by atoms with E-state index in [1.807, 2.05) is 13.0 Å². The number of carbonyl (C=O) groups is 1. The molecule has 0 saturated carbocycles. The highest BCUT2D eigenvalue weighted by Gasteiger charge is 2.34. The van der Waals surface area contributed by atoms with Gasteiger partial charge < -0.3 is 4.90 Å². The summed E-state index contributed by atoms with van der Waals surface area (Å²) < 4.78 is 44.3. The Morgan fingerprint density at radius 2 is 1.85 bits per heavy atom. The van der Waals surface area contributed by atoms with Crippen LogP contribution in [0.1, 0.15) is 34.6 Å². The predicted molar refractivity (Wildman–Crippen MR) is 113 cm³/mol. The zero-order valence-corrected chi connectivity index (χ0v) is 17.8. The van der Waals surface area contributed by atoms with Gasteiger partial charge in [-0.25, -0.2) is 22.8 Å². The van der Waals surface area contributed by atoms with Crippen LogP contribution in [0.4, 0.5) is 13.2 Å². The van der Waals surface area contributed by atoms with Crippen molar-refractivity contribution < 1.29 is 18.0 Å². The minimum atomic E-state index is -1.51. The molecule has 4 aromatic rings. The van der Waals surface area contributed by atoms with Crippen LogP contribution in [-0.2, 0) is 13.5 Å². The van der Waals surface area contributed by atoms with Gasteiger partial charge in [-0.05, 0) is 37.6 Å². The first-order chi connectivity index (χ1) is 15.9. The number of carbonyl (C=O) groups excluding carboxylic acids is 1. The van der Waals surface area contributed by atoms with Gasteiger partial charge in [-0.1, -0.05) is 12.1 Å². The Balaban J connectivity index is 1.52. The van der Waals surface area contributed by atoms with Crippen LogP contribution in [0, 0.1) is 17.5 Å². The predicted octanol–water partition coefficient (Wildman–Crippen LogP) is 3.84. The summed E-state index contributed by atoms with van der Waals surface area (Å²) in [4.78, 5) is 19.2. The largest absolute Gasteiger partial charge is 0.330 e. The van der Waals surface area contributed by atoms with E-state index in [1.165, 1.54) is 22.0 Å². The van der Waals surface area contributed by atoms with Crippen LogP contribution in [0.2, 0.25) is 0 Å². The van der Waals surface area contributed by atoms with Gasteiger partial charge in [0.15, 0.2) is 17.5 Å². The highest BCUT2D eigenvalue weighted by molar-refractivity contribution is 5.98. The Bertz CT molecular complexity index is 1340. The third-order valence-electron chi connectivity index (χ3n) is 5.96. The number of halogens is 3. The van der Waals surface area contributed by atoms with Crippen molar-refractivity contribution in [2.75, 3.05) is 6.54 Å². The topological polar surface area (TPSA) is 68.8 Å². The second kappa shape index (κ2) is 7.88. The van der Waals surface area contributed by atoms with Crippen LogP contribution in [0.5, 0.6) is 0 Å². The van der Waals surface area contributed by atoms with Crippen molar-refractivity contribution in [2.24, 2.45) is 7.05 Å². The molecule has 1 atom stereocenters. The van der Waals surface area contributed by atoms with E-state index in [0.717, 1.165) is 17.7 Å². The van der Waals surface area contributed by atoms with E-state index in [1.54, 1.807) is 30.1 Å².